The van der Waals surface area contributed by atoms with Crippen LogP contribution in [0.25, 0.3) is 10.9 Å². The van der Waals surface area contributed by atoms with Gasteiger partial charge in [0.25, 0.3) is 5.91 Å². The Morgan fingerprint density at radius 3 is 1.93 bits per heavy atom. The van der Waals surface area contributed by atoms with E-state index in [-0.39, 0.29) is 25.2 Å². The summed E-state index contributed by atoms with van der Waals surface area (Å²) in [7, 11) is 0. The van der Waals surface area contributed by atoms with Crippen molar-refractivity contribution in [2.75, 3.05) is 0 Å². The molecule has 4 aromatic rings. The molecular weight excluding hydrogens is 534 g/mol. The number of aromatic amines is 1. The number of aromatic nitrogens is 1. The van der Waals surface area contributed by atoms with Crippen molar-refractivity contribution < 1.29 is 24.4 Å². The first-order chi connectivity index (χ1) is 20.3. The summed E-state index contributed by atoms with van der Waals surface area (Å²) >= 11 is 0. The molecule has 0 aliphatic carbocycles. The normalized spacial score (nSPS) is 13.0. The second-order valence-corrected chi connectivity index (χ2v) is 10.1. The first-order valence-corrected chi connectivity index (χ1v) is 13.8. The van der Waals surface area contributed by atoms with E-state index in [1.807, 2.05) is 72.8 Å². The van der Waals surface area contributed by atoms with E-state index in [2.05, 4.69) is 20.9 Å². The fraction of sp³-hybridized carbons (Fsp3) is 0.250. The van der Waals surface area contributed by atoms with Gasteiger partial charge < -0.3 is 20.9 Å². The van der Waals surface area contributed by atoms with Gasteiger partial charge in [-0.05, 0) is 35.6 Å². The molecule has 218 valence electrons. The van der Waals surface area contributed by atoms with E-state index >= 15 is 0 Å². The Labute approximate surface area is 243 Å². The van der Waals surface area contributed by atoms with Crippen LogP contribution in [0.1, 0.15) is 30.0 Å². The molecule has 1 aromatic heterocycles. The van der Waals surface area contributed by atoms with Gasteiger partial charge in [-0.2, -0.15) is 0 Å². The van der Waals surface area contributed by atoms with E-state index in [1.165, 1.54) is 6.92 Å². The van der Waals surface area contributed by atoms with Crippen molar-refractivity contribution in [1.29, 1.82) is 0 Å². The summed E-state index contributed by atoms with van der Waals surface area (Å²) in [5.41, 5.74) is 5.11. The predicted octanol–water partition coefficient (Wildman–Crippen LogP) is 2.57. The minimum absolute atomic E-state index is 0.132. The lowest BCUT2D eigenvalue weighted by atomic mass is 10.0. The molecule has 10 nitrogen and oxygen atoms in total. The van der Waals surface area contributed by atoms with Crippen LogP contribution in [0.2, 0.25) is 0 Å². The average Bonchev–Trinajstić information content (AvgIpc) is 3.41. The monoisotopic (exact) mass is 569 g/mol. The van der Waals surface area contributed by atoms with Crippen LogP contribution in [0.4, 0.5) is 0 Å². The molecule has 10 heteroatoms. The maximum absolute atomic E-state index is 13.6. The van der Waals surface area contributed by atoms with Gasteiger partial charge in [0.05, 0.1) is 0 Å². The number of hydrogen-bond donors (Lipinski definition) is 6. The first-order valence-electron chi connectivity index (χ1n) is 13.8. The van der Waals surface area contributed by atoms with Gasteiger partial charge in [-0.25, -0.2) is 5.48 Å². The van der Waals surface area contributed by atoms with Crippen LogP contribution in [0.3, 0.4) is 0 Å². The number of para-hydroxylation sites is 1. The maximum Gasteiger partial charge on any atom is 0.266 e. The van der Waals surface area contributed by atoms with Crippen molar-refractivity contribution in [3.05, 3.63) is 108 Å². The second kappa shape index (κ2) is 14.6. The predicted molar refractivity (Wildman–Crippen MR) is 158 cm³/mol. The summed E-state index contributed by atoms with van der Waals surface area (Å²) in [6.07, 6.45) is 2.84. The third-order valence-corrected chi connectivity index (χ3v) is 7.02. The van der Waals surface area contributed by atoms with Crippen LogP contribution in [0.15, 0.2) is 91.1 Å². The summed E-state index contributed by atoms with van der Waals surface area (Å²) in [5, 5.41) is 18.5. The molecule has 0 bridgehead atoms. The van der Waals surface area contributed by atoms with E-state index in [0.717, 1.165) is 27.6 Å². The van der Waals surface area contributed by atoms with Gasteiger partial charge in [-0.1, -0.05) is 78.9 Å². The molecule has 0 fully saturated rings. The van der Waals surface area contributed by atoms with Crippen molar-refractivity contribution >= 4 is 34.5 Å². The SMILES string of the molecule is CC(=O)N[C@@H](Cc1c[nH]c2ccccc12)C(=O)N[C@H](CCc1ccccc1)C(=O)N[C@H](Cc1ccccc1)C(=O)NO. The Hall–Kier alpha value is -4.96. The van der Waals surface area contributed by atoms with E-state index in [0.29, 0.717) is 6.42 Å². The molecule has 0 saturated heterocycles. The van der Waals surface area contributed by atoms with Crippen molar-refractivity contribution in [2.45, 2.75) is 50.7 Å². The van der Waals surface area contributed by atoms with E-state index in [1.54, 1.807) is 23.8 Å². The Bertz CT molecular complexity index is 1510. The van der Waals surface area contributed by atoms with Gasteiger partial charge in [0.2, 0.25) is 17.7 Å². The highest BCUT2D eigenvalue weighted by atomic mass is 16.5. The number of amides is 4. The topological polar surface area (TPSA) is 152 Å². The lowest BCUT2D eigenvalue weighted by Crippen LogP contribution is -2.57. The number of fused-ring (bicyclic) bond motifs is 1. The Kier molecular flexibility index (Phi) is 10.4. The van der Waals surface area contributed by atoms with Gasteiger partial charge >= 0.3 is 0 Å². The van der Waals surface area contributed by atoms with Crippen LogP contribution in [-0.4, -0.2) is 51.9 Å². The standard InChI is InChI=1S/C32H35N5O5/c1-21(38)34-29(19-24-20-33-26-15-9-8-14-25(24)26)31(40)35-27(17-16-22-10-4-2-5-11-22)30(39)36-28(32(41)37-42)18-23-12-6-3-7-13-23/h2-15,20,27-29,33,42H,16-19H2,1H3,(H,34,38)(H,35,40)(H,36,39)(H,37,41)/t27-,28-,29+/m1/s1. The minimum Gasteiger partial charge on any atom is -0.361 e. The smallest absolute Gasteiger partial charge is 0.266 e. The van der Waals surface area contributed by atoms with Gasteiger partial charge in [0, 0.05) is 36.9 Å². The molecule has 4 amide bonds. The number of nitrogens with one attached hydrogen (secondary N) is 5. The van der Waals surface area contributed by atoms with Gasteiger partial charge in [0.1, 0.15) is 18.1 Å². The maximum atomic E-state index is 13.6. The number of rotatable bonds is 13. The quantitative estimate of drug-likeness (QED) is 0.108. The van der Waals surface area contributed by atoms with E-state index in [9.17, 15) is 24.4 Å². The van der Waals surface area contributed by atoms with E-state index in [4.69, 9.17) is 0 Å². The summed E-state index contributed by atoms with van der Waals surface area (Å²) in [6.45, 7) is 1.33. The number of hydrogen-bond acceptors (Lipinski definition) is 5. The van der Waals surface area contributed by atoms with Crippen molar-refractivity contribution in [3.8, 4) is 0 Å². The number of H-pyrrole nitrogens is 1. The zero-order valence-electron chi connectivity index (χ0n) is 23.3. The number of benzene rings is 3. The molecule has 6 N–H and O–H groups in total. The fourth-order valence-corrected chi connectivity index (χ4v) is 4.88. The fourth-order valence-electron chi connectivity index (χ4n) is 4.88. The van der Waals surface area contributed by atoms with Crippen LogP contribution < -0.4 is 21.4 Å². The highest BCUT2D eigenvalue weighted by molar-refractivity contribution is 5.94. The molecule has 0 aliphatic rings. The van der Waals surface area contributed by atoms with E-state index < -0.39 is 35.8 Å². The molecule has 4 rings (SSSR count). The third-order valence-electron chi connectivity index (χ3n) is 7.02. The highest BCUT2D eigenvalue weighted by Gasteiger charge is 2.30. The molecule has 0 radical (unpaired) electrons. The molecule has 0 unspecified atom stereocenters. The lowest BCUT2D eigenvalue weighted by molar-refractivity contribution is -0.136. The Morgan fingerprint density at radius 2 is 1.26 bits per heavy atom. The first kappa shape index (κ1) is 30.0. The molecular formula is C32H35N5O5. The lowest BCUT2D eigenvalue weighted by Gasteiger charge is -2.25. The van der Waals surface area contributed by atoms with Crippen molar-refractivity contribution in [3.63, 3.8) is 0 Å². The molecule has 42 heavy (non-hydrogen) atoms. The number of aryl methyl sites for hydroxylation is 1. The summed E-state index contributed by atoms with van der Waals surface area (Å²) in [6, 6.07) is 23.2. The largest absolute Gasteiger partial charge is 0.361 e. The van der Waals surface area contributed by atoms with Crippen molar-refractivity contribution in [1.82, 2.24) is 26.4 Å². The third kappa shape index (κ3) is 8.28. The summed E-state index contributed by atoms with van der Waals surface area (Å²) in [5.74, 6) is -2.29. The zero-order chi connectivity index (χ0) is 29.9. The molecule has 0 aliphatic heterocycles. The number of hydroxylamine groups is 1. The van der Waals surface area contributed by atoms with Crippen LogP contribution >= 0.6 is 0 Å². The molecule has 1 heterocycles. The Balaban J connectivity index is 1.54. The second-order valence-electron chi connectivity index (χ2n) is 10.1. The van der Waals surface area contributed by atoms with Gasteiger partial charge in [-0.15, -0.1) is 0 Å². The van der Waals surface area contributed by atoms with Crippen molar-refractivity contribution in [2.24, 2.45) is 0 Å². The minimum atomic E-state index is -1.08. The molecule has 0 saturated carbocycles. The van der Waals surface area contributed by atoms with Crippen LogP contribution in [0, 0.1) is 0 Å². The average molecular weight is 570 g/mol. The summed E-state index contributed by atoms with van der Waals surface area (Å²) < 4.78 is 0. The highest BCUT2D eigenvalue weighted by Crippen LogP contribution is 2.19. The van der Waals surface area contributed by atoms with Crippen LogP contribution in [-0.2, 0) is 38.4 Å². The number of carbonyl (C=O) groups is 4. The van der Waals surface area contributed by atoms with Crippen LogP contribution in [0.5, 0.6) is 0 Å². The summed E-state index contributed by atoms with van der Waals surface area (Å²) in [4.78, 5) is 54.9. The van der Waals surface area contributed by atoms with Gasteiger partial charge in [-0.3, -0.25) is 24.4 Å². The molecule has 3 atom stereocenters. The van der Waals surface area contributed by atoms with Gasteiger partial charge in [0.15, 0.2) is 0 Å². The molecule has 0 spiro atoms. The molecule has 3 aromatic carbocycles. The zero-order valence-corrected chi connectivity index (χ0v) is 23.3. The Morgan fingerprint density at radius 1 is 0.690 bits per heavy atom. The number of carbonyl (C=O) groups excluding carboxylic acids is 4.